The standard InChI is InChI=1S/C24H27N/c1-17(2)18-12-14-21(15-13-18)25(3)24-22-10-6-4-8-19(22)16-20-9-5-7-11-23(20)24/h4,6-8,10-14,16-17,21H,5,9,15H2,1-3H3. The van der Waals surface area contributed by atoms with Gasteiger partial charge in [0.1, 0.15) is 0 Å². The van der Waals surface area contributed by atoms with Crippen LogP contribution < -0.4 is 4.90 Å². The van der Waals surface area contributed by atoms with Crippen molar-refractivity contribution in [2.24, 2.45) is 5.92 Å². The van der Waals surface area contributed by atoms with Gasteiger partial charge in [0.05, 0.1) is 11.7 Å². The average Bonchev–Trinajstić information content (AvgIpc) is 2.65. The maximum Gasteiger partial charge on any atom is 0.0524 e. The van der Waals surface area contributed by atoms with Crippen molar-refractivity contribution in [2.75, 3.05) is 11.9 Å². The molecular formula is C24H27N. The first-order chi connectivity index (χ1) is 12.1. The first-order valence-electron chi connectivity index (χ1n) is 9.47. The predicted octanol–water partition coefficient (Wildman–Crippen LogP) is 6.15. The first-order valence-corrected chi connectivity index (χ1v) is 9.47. The molecule has 1 atom stereocenters. The molecule has 0 aliphatic heterocycles. The second-order valence-corrected chi connectivity index (χ2v) is 7.59. The van der Waals surface area contributed by atoms with Gasteiger partial charge in [-0.25, -0.2) is 0 Å². The largest absolute Gasteiger partial charge is 0.367 e. The zero-order valence-corrected chi connectivity index (χ0v) is 15.5. The highest BCUT2D eigenvalue weighted by Gasteiger charge is 2.22. The number of benzene rings is 2. The van der Waals surface area contributed by atoms with Gasteiger partial charge in [-0.15, -0.1) is 0 Å². The van der Waals surface area contributed by atoms with Crippen molar-refractivity contribution >= 4 is 22.5 Å². The molecule has 128 valence electrons. The van der Waals surface area contributed by atoms with E-state index in [0.717, 1.165) is 19.3 Å². The maximum absolute atomic E-state index is 2.49. The molecular weight excluding hydrogens is 302 g/mol. The molecule has 0 aromatic heterocycles. The van der Waals surface area contributed by atoms with Crippen LogP contribution in [-0.4, -0.2) is 13.1 Å². The number of anilines is 1. The Morgan fingerprint density at radius 1 is 1.12 bits per heavy atom. The van der Waals surface area contributed by atoms with Crippen molar-refractivity contribution in [1.29, 1.82) is 0 Å². The molecule has 0 fully saturated rings. The molecule has 0 bridgehead atoms. The van der Waals surface area contributed by atoms with Gasteiger partial charge in [0.15, 0.2) is 0 Å². The molecule has 1 unspecified atom stereocenters. The van der Waals surface area contributed by atoms with E-state index in [1.54, 1.807) is 0 Å². The van der Waals surface area contributed by atoms with E-state index in [0.29, 0.717) is 12.0 Å². The number of nitrogens with zero attached hydrogens (tertiary/aromatic N) is 1. The minimum atomic E-state index is 0.424. The van der Waals surface area contributed by atoms with Crippen LogP contribution in [0.3, 0.4) is 0 Å². The van der Waals surface area contributed by atoms with Gasteiger partial charge in [-0.05, 0) is 41.7 Å². The Labute approximate surface area is 151 Å². The number of hydrogen-bond acceptors (Lipinski definition) is 1. The topological polar surface area (TPSA) is 3.24 Å². The van der Waals surface area contributed by atoms with Crippen molar-refractivity contribution in [3.63, 3.8) is 0 Å². The van der Waals surface area contributed by atoms with Crippen LogP contribution in [0.5, 0.6) is 0 Å². The smallest absolute Gasteiger partial charge is 0.0524 e. The lowest BCUT2D eigenvalue weighted by atomic mass is 9.89. The first kappa shape index (κ1) is 16.2. The molecule has 0 spiro atoms. The van der Waals surface area contributed by atoms with E-state index in [2.05, 4.69) is 86.5 Å². The third kappa shape index (κ3) is 2.93. The Hall–Kier alpha value is -2.28. The minimum Gasteiger partial charge on any atom is -0.367 e. The molecule has 1 heteroatoms. The van der Waals surface area contributed by atoms with Gasteiger partial charge in [-0.2, -0.15) is 0 Å². The lowest BCUT2D eigenvalue weighted by Gasteiger charge is -2.33. The van der Waals surface area contributed by atoms with Crippen molar-refractivity contribution in [2.45, 2.75) is 39.2 Å². The summed E-state index contributed by atoms with van der Waals surface area (Å²) in [4.78, 5) is 2.49. The Bertz CT molecular complexity index is 882. The number of allylic oxidation sites excluding steroid dienone is 3. The second-order valence-electron chi connectivity index (χ2n) is 7.59. The lowest BCUT2D eigenvalue weighted by molar-refractivity contribution is 0.715. The number of aryl methyl sites for hydroxylation is 1. The fourth-order valence-corrected chi connectivity index (χ4v) is 4.12. The van der Waals surface area contributed by atoms with Crippen molar-refractivity contribution in [1.82, 2.24) is 0 Å². The summed E-state index contributed by atoms with van der Waals surface area (Å²) < 4.78 is 0. The third-order valence-corrected chi connectivity index (χ3v) is 5.63. The summed E-state index contributed by atoms with van der Waals surface area (Å²) in [7, 11) is 2.26. The summed E-state index contributed by atoms with van der Waals surface area (Å²) >= 11 is 0. The van der Waals surface area contributed by atoms with Crippen LogP contribution in [0.15, 0.2) is 60.2 Å². The highest BCUT2D eigenvalue weighted by molar-refractivity contribution is 6.00. The molecule has 2 aromatic carbocycles. The van der Waals surface area contributed by atoms with Gasteiger partial charge in [-0.3, -0.25) is 0 Å². The number of hydrogen-bond donors (Lipinski definition) is 0. The summed E-state index contributed by atoms with van der Waals surface area (Å²) in [5.41, 5.74) is 5.75. The lowest BCUT2D eigenvalue weighted by Crippen LogP contribution is -2.31. The summed E-state index contributed by atoms with van der Waals surface area (Å²) in [6.45, 7) is 4.54. The van der Waals surface area contributed by atoms with Gasteiger partial charge in [0, 0.05) is 18.0 Å². The summed E-state index contributed by atoms with van der Waals surface area (Å²) in [5, 5.41) is 2.72. The molecule has 2 aliphatic carbocycles. The van der Waals surface area contributed by atoms with Crippen LogP contribution in [-0.2, 0) is 6.42 Å². The Morgan fingerprint density at radius 2 is 1.96 bits per heavy atom. The predicted molar refractivity (Wildman–Crippen MR) is 110 cm³/mol. The molecule has 2 aromatic rings. The Kier molecular flexibility index (Phi) is 4.25. The van der Waals surface area contributed by atoms with Crippen LogP contribution >= 0.6 is 0 Å². The zero-order chi connectivity index (χ0) is 17.4. The zero-order valence-electron chi connectivity index (χ0n) is 15.5. The monoisotopic (exact) mass is 329 g/mol. The number of fused-ring (bicyclic) bond motifs is 2. The quantitative estimate of drug-likeness (QED) is 0.653. The summed E-state index contributed by atoms with van der Waals surface area (Å²) in [5.74, 6) is 0.607. The van der Waals surface area contributed by atoms with Crippen LogP contribution in [0.25, 0.3) is 16.8 Å². The molecule has 25 heavy (non-hydrogen) atoms. The Balaban J connectivity index is 1.79. The van der Waals surface area contributed by atoms with Crippen molar-refractivity contribution in [3.8, 4) is 0 Å². The van der Waals surface area contributed by atoms with E-state index >= 15 is 0 Å². The molecule has 0 amide bonds. The van der Waals surface area contributed by atoms with Gasteiger partial charge >= 0.3 is 0 Å². The second kappa shape index (κ2) is 6.55. The van der Waals surface area contributed by atoms with Gasteiger partial charge in [0.25, 0.3) is 0 Å². The van der Waals surface area contributed by atoms with E-state index in [1.807, 2.05) is 0 Å². The van der Waals surface area contributed by atoms with E-state index < -0.39 is 0 Å². The van der Waals surface area contributed by atoms with Crippen LogP contribution in [0.4, 0.5) is 5.69 Å². The van der Waals surface area contributed by atoms with Crippen LogP contribution in [0, 0.1) is 5.92 Å². The minimum absolute atomic E-state index is 0.424. The van der Waals surface area contributed by atoms with Gasteiger partial charge < -0.3 is 4.90 Å². The van der Waals surface area contributed by atoms with Gasteiger partial charge in [0.2, 0.25) is 0 Å². The molecule has 0 saturated carbocycles. The summed E-state index contributed by atoms with van der Waals surface area (Å²) in [6, 6.07) is 11.6. The van der Waals surface area contributed by atoms with E-state index in [1.165, 1.54) is 33.2 Å². The van der Waals surface area contributed by atoms with E-state index in [-0.39, 0.29) is 0 Å². The molecule has 0 radical (unpaired) electrons. The van der Waals surface area contributed by atoms with E-state index in [4.69, 9.17) is 0 Å². The molecule has 4 rings (SSSR count). The highest BCUT2D eigenvalue weighted by atomic mass is 15.1. The molecule has 0 N–H and O–H groups in total. The SMILES string of the molecule is CC(C)C1=CCC(N(C)c2c3c(cc4ccccc24)CCC=C3)C=C1. The van der Waals surface area contributed by atoms with Crippen molar-refractivity contribution < 1.29 is 0 Å². The van der Waals surface area contributed by atoms with Crippen LogP contribution in [0.1, 0.15) is 37.8 Å². The van der Waals surface area contributed by atoms with Crippen LogP contribution in [0.2, 0.25) is 0 Å². The summed E-state index contributed by atoms with van der Waals surface area (Å²) in [6.07, 6.45) is 15.2. The maximum atomic E-state index is 2.49. The average molecular weight is 329 g/mol. The van der Waals surface area contributed by atoms with Crippen molar-refractivity contribution in [3.05, 3.63) is 71.3 Å². The fourth-order valence-electron chi connectivity index (χ4n) is 4.12. The molecule has 0 saturated heterocycles. The normalized spacial score (nSPS) is 19.2. The Morgan fingerprint density at radius 3 is 2.72 bits per heavy atom. The molecule has 1 nitrogen and oxygen atoms in total. The number of likely N-dealkylation sites (N-methyl/N-ethyl adjacent to an activating group) is 1. The molecule has 2 aliphatic rings. The molecule has 0 heterocycles. The third-order valence-electron chi connectivity index (χ3n) is 5.63. The van der Waals surface area contributed by atoms with Gasteiger partial charge in [-0.1, -0.05) is 74.6 Å². The van der Waals surface area contributed by atoms with E-state index in [9.17, 15) is 0 Å². The highest BCUT2D eigenvalue weighted by Crippen LogP contribution is 2.38. The fraction of sp³-hybridized carbons (Fsp3) is 0.333. The number of rotatable bonds is 3.